The Bertz CT molecular complexity index is 340. The van der Waals surface area contributed by atoms with Gasteiger partial charge in [0.1, 0.15) is 0 Å². The fraction of sp³-hybridized carbons (Fsp3) is 0.929. The normalized spacial score (nSPS) is 51.1. The Morgan fingerprint density at radius 1 is 1.24 bits per heavy atom. The highest BCUT2D eigenvalue weighted by atomic mass is 16.2. The smallest absolute Gasteiger partial charge is 0.240 e. The monoisotopic (exact) mass is 234 g/mol. The molecule has 0 radical (unpaired) electrons. The molecule has 94 valence electrons. The molecule has 2 bridgehead atoms. The van der Waals surface area contributed by atoms with Gasteiger partial charge in [0.25, 0.3) is 0 Å². The highest BCUT2D eigenvalue weighted by Crippen LogP contribution is 2.67. The quantitative estimate of drug-likeness (QED) is 0.797. The van der Waals surface area contributed by atoms with E-state index in [0.29, 0.717) is 11.9 Å². The van der Waals surface area contributed by atoms with Gasteiger partial charge in [-0.1, -0.05) is 6.92 Å². The first-order chi connectivity index (χ1) is 8.31. The zero-order valence-electron chi connectivity index (χ0n) is 10.6. The Balaban J connectivity index is 1.47. The molecule has 3 nitrogen and oxygen atoms in total. The molecule has 4 aliphatic rings. The number of amides is 1. The number of hydrogen-bond acceptors (Lipinski definition) is 2. The second-order valence-electron chi connectivity index (χ2n) is 6.41. The largest absolute Gasteiger partial charge is 0.338 e. The zero-order chi connectivity index (χ0) is 11.6. The van der Waals surface area contributed by atoms with Crippen LogP contribution in [-0.2, 0) is 4.79 Å². The maximum absolute atomic E-state index is 12.3. The number of nitrogens with one attached hydrogen (secondary N) is 1. The van der Waals surface area contributed by atoms with Crippen LogP contribution >= 0.6 is 0 Å². The van der Waals surface area contributed by atoms with Gasteiger partial charge in [-0.15, -0.1) is 0 Å². The SMILES string of the molecule is CCNC1CCN(C2C3C4CCC(C4)C32)C1=O. The van der Waals surface area contributed by atoms with Gasteiger partial charge in [-0.05, 0) is 55.9 Å². The van der Waals surface area contributed by atoms with E-state index in [1.54, 1.807) is 0 Å². The van der Waals surface area contributed by atoms with E-state index in [4.69, 9.17) is 0 Å². The first-order valence-corrected chi connectivity index (χ1v) is 7.35. The van der Waals surface area contributed by atoms with Gasteiger partial charge in [-0.3, -0.25) is 4.79 Å². The molecular formula is C14H22N2O. The minimum Gasteiger partial charge on any atom is -0.338 e. The van der Waals surface area contributed by atoms with Crippen molar-refractivity contribution < 1.29 is 4.79 Å². The van der Waals surface area contributed by atoms with Crippen LogP contribution in [0.25, 0.3) is 0 Å². The van der Waals surface area contributed by atoms with Crippen molar-refractivity contribution in [3.05, 3.63) is 0 Å². The number of hydrogen-bond donors (Lipinski definition) is 1. The van der Waals surface area contributed by atoms with Crippen molar-refractivity contribution in [3.63, 3.8) is 0 Å². The Morgan fingerprint density at radius 3 is 2.59 bits per heavy atom. The second-order valence-corrected chi connectivity index (χ2v) is 6.41. The Morgan fingerprint density at radius 2 is 1.94 bits per heavy atom. The minimum absolute atomic E-state index is 0.124. The van der Waals surface area contributed by atoms with Crippen LogP contribution in [0.2, 0.25) is 0 Å². The average molecular weight is 234 g/mol. The molecule has 4 fully saturated rings. The van der Waals surface area contributed by atoms with Crippen LogP contribution in [0.5, 0.6) is 0 Å². The standard InChI is InChI=1S/C14H22N2O/c1-2-15-10-5-6-16(14(10)17)13-11-8-3-4-9(7-8)12(11)13/h8-13,15H,2-7H2,1H3. The third kappa shape index (κ3) is 1.29. The molecule has 4 rings (SSSR count). The first kappa shape index (κ1) is 10.4. The third-order valence-electron chi connectivity index (χ3n) is 5.74. The van der Waals surface area contributed by atoms with Crippen molar-refractivity contribution >= 4 is 5.91 Å². The number of likely N-dealkylation sites (N-methyl/N-ethyl adjacent to an activating group) is 1. The number of rotatable bonds is 3. The molecule has 1 aliphatic heterocycles. The molecule has 1 N–H and O–H groups in total. The number of nitrogens with zero attached hydrogens (tertiary/aromatic N) is 1. The van der Waals surface area contributed by atoms with Crippen LogP contribution < -0.4 is 5.32 Å². The molecular weight excluding hydrogens is 212 g/mol. The summed E-state index contributed by atoms with van der Waals surface area (Å²) >= 11 is 0. The van der Waals surface area contributed by atoms with Gasteiger partial charge in [0.05, 0.1) is 6.04 Å². The highest BCUT2D eigenvalue weighted by Gasteiger charge is 2.68. The predicted molar refractivity (Wildman–Crippen MR) is 65.4 cm³/mol. The number of carbonyl (C=O) groups is 1. The molecule has 0 aromatic rings. The summed E-state index contributed by atoms with van der Waals surface area (Å²) in [4.78, 5) is 14.5. The Hall–Kier alpha value is -0.570. The fourth-order valence-electron chi connectivity index (χ4n) is 5.13. The summed E-state index contributed by atoms with van der Waals surface area (Å²) in [6.45, 7) is 4.00. The molecule has 1 saturated heterocycles. The van der Waals surface area contributed by atoms with Crippen LogP contribution in [0.4, 0.5) is 0 Å². The van der Waals surface area contributed by atoms with Crippen molar-refractivity contribution in [1.82, 2.24) is 10.2 Å². The Kier molecular flexibility index (Phi) is 2.11. The summed E-state index contributed by atoms with van der Waals surface area (Å²) in [5.74, 6) is 4.14. The van der Waals surface area contributed by atoms with E-state index in [1.807, 2.05) is 0 Å². The summed E-state index contributed by atoms with van der Waals surface area (Å²) < 4.78 is 0. The van der Waals surface area contributed by atoms with Crippen molar-refractivity contribution in [2.45, 2.75) is 44.7 Å². The first-order valence-electron chi connectivity index (χ1n) is 7.35. The summed E-state index contributed by atoms with van der Waals surface area (Å²) in [5, 5.41) is 3.32. The molecule has 0 aromatic carbocycles. The van der Waals surface area contributed by atoms with Crippen molar-refractivity contribution in [1.29, 1.82) is 0 Å². The summed E-state index contributed by atoms with van der Waals surface area (Å²) in [7, 11) is 0. The minimum atomic E-state index is 0.124. The average Bonchev–Trinajstić information content (AvgIpc) is 2.66. The van der Waals surface area contributed by atoms with E-state index in [2.05, 4.69) is 17.1 Å². The van der Waals surface area contributed by atoms with Gasteiger partial charge in [0, 0.05) is 12.6 Å². The maximum Gasteiger partial charge on any atom is 0.240 e. The van der Waals surface area contributed by atoms with Gasteiger partial charge < -0.3 is 10.2 Å². The highest BCUT2D eigenvalue weighted by molar-refractivity contribution is 5.84. The molecule has 3 saturated carbocycles. The second kappa shape index (κ2) is 3.47. The summed E-state index contributed by atoms with van der Waals surface area (Å²) in [6, 6.07) is 0.774. The predicted octanol–water partition coefficient (Wildman–Crippen LogP) is 1.24. The van der Waals surface area contributed by atoms with Crippen LogP contribution in [-0.4, -0.2) is 36.0 Å². The van der Waals surface area contributed by atoms with Gasteiger partial charge >= 0.3 is 0 Å². The van der Waals surface area contributed by atoms with Crippen molar-refractivity contribution in [3.8, 4) is 0 Å². The molecule has 3 aliphatic carbocycles. The molecule has 5 unspecified atom stereocenters. The summed E-state index contributed by atoms with van der Waals surface area (Å²) in [6.07, 6.45) is 5.39. The van der Waals surface area contributed by atoms with E-state index < -0.39 is 0 Å². The molecule has 0 aromatic heterocycles. The zero-order valence-corrected chi connectivity index (χ0v) is 10.6. The van der Waals surface area contributed by atoms with Crippen LogP contribution in [0.1, 0.15) is 32.6 Å². The lowest BCUT2D eigenvalue weighted by Crippen LogP contribution is -2.40. The van der Waals surface area contributed by atoms with Gasteiger partial charge in [0.15, 0.2) is 0 Å². The van der Waals surface area contributed by atoms with Gasteiger partial charge in [-0.25, -0.2) is 0 Å². The van der Waals surface area contributed by atoms with Crippen molar-refractivity contribution in [2.75, 3.05) is 13.1 Å². The number of likely N-dealkylation sites (tertiary alicyclic amines) is 1. The molecule has 1 amide bonds. The lowest BCUT2D eigenvalue weighted by Gasteiger charge is -2.21. The van der Waals surface area contributed by atoms with Crippen molar-refractivity contribution in [2.24, 2.45) is 23.7 Å². The van der Waals surface area contributed by atoms with E-state index >= 15 is 0 Å². The lowest BCUT2D eigenvalue weighted by molar-refractivity contribution is -0.130. The molecule has 0 spiro atoms. The van der Waals surface area contributed by atoms with E-state index in [0.717, 1.165) is 43.2 Å². The van der Waals surface area contributed by atoms with Gasteiger partial charge in [0.2, 0.25) is 5.91 Å². The maximum atomic E-state index is 12.3. The van der Waals surface area contributed by atoms with Crippen LogP contribution in [0, 0.1) is 23.7 Å². The topological polar surface area (TPSA) is 32.3 Å². The molecule has 3 heteroatoms. The van der Waals surface area contributed by atoms with E-state index in [1.165, 1.54) is 19.3 Å². The Labute approximate surface area is 103 Å². The van der Waals surface area contributed by atoms with Gasteiger partial charge in [-0.2, -0.15) is 0 Å². The van der Waals surface area contributed by atoms with Crippen LogP contribution in [0.15, 0.2) is 0 Å². The lowest BCUT2D eigenvalue weighted by atomic mass is 10.0. The molecule has 17 heavy (non-hydrogen) atoms. The van der Waals surface area contributed by atoms with E-state index in [9.17, 15) is 4.79 Å². The van der Waals surface area contributed by atoms with E-state index in [-0.39, 0.29) is 6.04 Å². The summed E-state index contributed by atoms with van der Waals surface area (Å²) in [5.41, 5.74) is 0. The molecule has 5 atom stereocenters. The number of fused-ring (bicyclic) bond motifs is 5. The fourth-order valence-corrected chi connectivity index (χ4v) is 5.13. The molecule has 1 heterocycles. The number of carbonyl (C=O) groups excluding carboxylic acids is 1. The van der Waals surface area contributed by atoms with Crippen LogP contribution in [0.3, 0.4) is 0 Å². The third-order valence-corrected chi connectivity index (χ3v) is 5.74.